The SMILES string of the molecule is CCn1c(=O)n(Cc2cccc(Cl)c2F)c2ccccc21. The minimum atomic E-state index is -0.473. The number of hydrogen-bond acceptors (Lipinski definition) is 1. The van der Waals surface area contributed by atoms with Gasteiger partial charge in [-0.15, -0.1) is 0 Å². The molecule has 21 heavy (non-hydrogen) atoms. The van der Waals surface area contributed by atoms with E-state index in [1.165, 1.54) is 6.07 Å². The summed E-state index contributed by atoms with van der Waals surface area (Å²) >= 11 is 5.80. The van der Waals surface area contributed by atoms with Crippen molar-refractivity contribution in [1.29, 1.82) is 0 Å². The van der Waals surface area contributed by atoms with E-state index in [0.29, 0.717) is 12.1 Å². The molecule has 0 radical (unpaired) electrons. The molecule has 0 fully saturated rings. The molecule has 0 aliphatic rings. The van der Waals surface area contributed by atoms with Gasteiger partial charge in [-0.1, -0.05) is 35.9 Å². The maximum atomic E-state index is 14.1. The Morgan fingerprint density at radius 2 is 1.71 bits per heavy atom. The van der Waals surface area contributed by atoms with Crippen LogP contribution in [0.4, 0.5) is 4.39 Å². The molecule has 0 bridgehead atoms. The molecule has 0 spiro atoms. The lowest BCUT2D eigenvalue weighted by Crippen LogP contribution is -2.24. The Balaban J connectivity index is 2.19. The van der Waals surface area contributed by atoms with Crippen molar-refractivity contribution >= 4 is 22.6 Å². The van der Waals surface area contributed by atoms with E-state index in [1.54, 1.807) is 21.3 Å². The van der Waals surface area contributed by atoms with Gasteiger partial charge in [-0.25, -0.2) is 9.18 Å². The maximum Gasteiger partial charge on any atom is 0.329 e. The summed E-state index contributed by atoms with van der Waals surface area (Å²) in [6.07, 6.45) is 0. The normalized spacial score (nSPS) is 11.2. The third-order valence-electron chi connectivity index (χ3n) is 3.60. The van der Waals surface area contributed by atoms with Crippen molar-refractivity contribution in [3.05, 3.63) is 69.4 Å². The Morgan fingerprint density at radius 3 is 2.38 bits per heavy atom. The number of rotatable bonds is 3. The largest absolute Gasteiger partial charge is 0.329 e. The highest BCUT2D eigenvalue weighted by Crippen LogP contribution is 2.20. The summed E-state index contributed by atoms with van der Waals surface area (Å²) in [4.78, 5) is 12.5. The van der Waals surface area contributed by atoms with Gasteiger partial charge in [0.25, 0.3) is 0 Å². The molecule has 5 heteroatoms. The van der Waals surface area contributed by atoms with Gasteiger partial charge in [-0.05, 0) is 25.1 Å². The van der Waals surface area contributed by atoms with Crippen molar-refractivity contribution < 1.29 is 4.39 Å². The zero-order valence-corrected chi connectivity index (χ0v) is 12.3. The van der Waals surface area contributed by atoms with Crippen LogP contribution < -0.4 is 5.69 Å². The number of aromatic nitrogens is 2. The van der Waals surface area contributed by atoms with E-state index in [1.807, 2.05) is 31.2 Å². The molecule has 0 saturated heterocycles. The summed E-state index contributed by atoms with van der Waals surface area (Å²) in [6.45, 7) is 2.65. The number of halogens is 2. The Hall–Kier alpha value is -2.07. The second-order valence-electron chi connectivity index (χ2n) is 4.81. The second-order valence-corrected chi connectivity index (χ2v) is 5.22. The minimum Gasteiger partial charge on any atom is -0.292 e. The highest BCUT2D eigenvalue weighted by atomic mass is 35.5. The standard InChI is InChI=1S/C16H14ClFN2O/c1-2-19-13-8-3-4-9-14(13)20(16(19)21)10-11-6-5-7-12(17)15(11)18/h3-9H,2,10H2,1H3. The van der Waals surface area contributed by atoms with Gasteiger partial charge in [0.1, 0.15) is 5.82 Å². The van der Waals surface area contributed by atoms with E-state index in [0.717, 1.165) is 11.0 Å². The first kappa shape index (κ1) is 13.9. The van der Waals surface area contributed by atoms with E-state index >= 15 is 0 Å². The zero-order chi connectivity index (χ0) is 15.0. The van der Waals surface area contributed by atoms with Gasteiger partial charge in [-0.3, -0.25) is 9.13 Å². The predicted octanol–water partition coefficient (Wildman–Crippen LogP) is 3.66. The first-order chi connectivity index (χ1) is 10.1. The molecule has 0 N–H and O–H groups in total. The van der Waals surface area contributed by atoms with Crippen molar-refractivity contribution in [2.75, 3.05) is 0 Å². The molecule has 3 rings (SSSR count). The van der Waals surface area contributed by atoms with Crippen LogP contribution in [0, 0.1) is 5.82 Å². The molecule has 1 aromatic heterocycles. The number of hydrogen-bond donors (Lipinski definition) is 0. The molecule has 0 atom stereocenters. The molecular formula is C16H14ClFN2O. The van der Waals surface area contributed by atoms with Gasteiger partial charge in [0.2, 0.25) is 0 Å². The summed E-state index contributed by atoms with van der Waals surface area (Å²) in [5.74, 6) is -0.473. The van der Waals surface area contributed by atoms with Crippen LogP contribution in [-0.2, 0) is 13.1 Å². The van der Waals surface area contributed by atoms with E-state index < -0.39 is 5.82 Å². The van der Waals surface area contributed by atoms with Crippen molar-refractivity contribution in [2.24, 2.45) is 0 Å². The van der Waals surface area contributed by atoms with Gasteiger partial charge in [0, 0.05) is 12.1 Å². The smallest absolute Gasteiger partial charge is 0.292 e. The van der Waals surface area contributed by atoms with E-state index in [-0.39, 0.29) is 17.3 Å². The highest BCUT2D eigenvalue weighted by Gasteiger charge is 2.14. The Bertz CT molecular complexity index is 866. The fourth-order valence-electron chi connectivity index (χ4n) is 2.57. The van der Waals surface area contributed by atoms with Crippen LogP contribution in [0.5, 0.6) is 0 Å². The lowest BCUT2D eigenvalue weighted by atomic mass is 10.2. The first-order valence-corrected chi connectivity index (χ1v) is 7.12. The number of aryl methyl sites for hydroxylation is 1. The molecule has 3 aromatic rings. The van der Waals surface area contributed by atoms with Crippen LogP contribution >= 0.6 is 11.6 Å². The lowest BCUT2D eigenvalue weighted by Gasteiger charge is -2.06. The number of benzene rings is 2. The molecule has 0 aliphatic carbocycles. The van der Waals surface area contributed by atoms with Gasteiger partial charge in [0.05, 0.1) is 22.6 Å². The summed E-state index contributed by atoms with van der Waals surface area (Å²) in [7, 11) is 0. The van der Waals surface area contributed by atoms with Crippen LogP contribution in [0.1, 0.15) is 12.5 Å². The fraction of sp³-hybridized carbons (Fsp3) is 0.188. The van der Waals surface area contributed by atoms with Crippen molar-refractivity contribution in [3.8, 4) is 0 Å². The van der Waals surface area contributed by atoms with Crippen LogP contribution in [0.25, 0.3) is 11.0 Å². The summed E-state index contributed by atoms with van der Waals surface area (Å²) in [6, 6.07) is 12.3. The Labute approximate surface area is 126 Å². The molecular weight excluding hydrogens is 291 g/mol. The molecule has 1 heterocycles. The van der Waals surface area contributed by atoms with Crippen molar-refractivity contribution in [2.45, 2.75) is 20.0 Å². The summed E-state index contributed by atoms with van der Waals surface area (Å²) in [5.41, 5.74) is 1.91. The molecule has 108 valence electrons. The van der Waals surface area contributed by atoms with Crippen LogP contribution in [-0.4, -0.2) is 9.13 Å². The van der Waals surface area contributed by atoms with Crippen LogP contribution in [0.2, 0.25) is 5.02 Å². The summed E-state index contributed by atoms with van der Waals surface area (Å²) in [5, 5.41) is 0.0692. The molecule has 3 nitrogen and oxygen atoms in total. The summed E-state index contributed by atoms with van der Waals surface area (Å²) < 4.78 is 17.3. The highest BCUT2D eigenvalue weighted by molar-refractivity contribution is 6.30. The van der Waals surface area contributed by atoms with Crippen molar-refractivity contribution in [1.82, 2.24) is 9.13 Å². The number of imidazole rings is 1. The average Bonchev–Trinajstić information content (AvgIpc) is 2.76. The quantitative estimate of drug-likeness (QED) is 0.725. The Morgan fingerprint density at radius 1 is 1.05 bits per heavy atom. The van der Waals surface area contributed by atoms with Crippen molar-refractivity contribution in [3.63, 3.8) is 0 Å². The fourth-order valence-corrected chi connectivity index (χ4v) is 2.77. The second kappa shape index (κ2) is 5.37. The zero-order valence-electron chi connectivity index (χ0n) is 11.5. The van der Waals surface area contributed by atoms with Gasteiger partial charge >= 0.3 is 5.69 Å². The molecule has 0 aliphatic heterocycles. The number of fused-ring (bicyclic) bond motifs is 1. The minimum absolute atomic E-state index is 0.0692. The number of nitrogens with zero attached hydrogens (tertiary/aromatic N) is 2. The molecule has 2 aromatic carbocycles. The average molecular weight is 305 g/mol. The third-order valence-corrected chi connectivity index (χ3v) is 3.89. The van der Waals surface area contributed by atoms with E-state index in [4.69, 9.17) is 11.6 Å². The first-order valence-electron chi connectivity index (χ1n) is 6.74. The van der Waals surface area contributed by atoms with Gasteiger partial charge in [-0.2, -0.15) is 0 Å². The van der Waals surface area contributed by atoms with Gasteiger partial charge in [0.15, 0.2) is 0 Å². The topological polar surface area (TPSA) is 26.9 Å². The molecule has 0 unspecified atom stereocenters. The monoisotopic (exact) mass is 304 g/mol. The van der Waals surface area contributed by atoms with E-state index in [9.17, 15) is 9.18 Å². The van der Waals surface area contributed by atoms with Crippen LogP contribution in [0.15, 0.2) is 47.3 Å². The maximum absolute atomic E-state index is 14.1. The van der Waals surface area contributed by atoms with Crippen LogP contribution in [0.3, 0.4) is 0 Å². The van der Waals surface area contributed by atoms with E-state index in [2.05, 4.69) is 0 Å². The Kier molecular flexibility index (Phi) is 3.55. The van der Waals surface area contributed by atoms with Gasteiger partial charge < -0.3 is 0 Å². The predicted molar refractivity (Wildman–Crippen MR) is 82.4 cm³/mol. The molecule has 0 amide bonds. The number of para-hydroxylation sites is 2. The lowest BCUT2D eigenvalue weighted by molar-refractivity contribution is 0.594. The third kappa shape index (κ3) is 2.25. The molecule has 0 saturated carbocycles.